The lowest BCUT2D eigenvalue weighted by molar-refractivity contribution is 0.0556. The van der Waals surface area contributed by atoms with Gasteiger partial charge in [-0.15, -0.1) is 0 Å². The van der Waals surface area contributed by atoms with E-state index >= 15 is 0 Å². The van der Waals surface area contributed by atoms with Gasteiger partial charge in [-0.3, -0.25) is 9.80 Å². The number of rotatable bonds is 2. The fourth-order valence-electron chi connectivity index (χ4n) is 3.35. The van der Waals surface area contributed by atoms with Gasteiger partial charge < -0.3 is 5.32 Å². The van der Waals surface area contributed by atoms with Crippen LogP contribution in [0.5, 0.6) is 0 Å². The SMILES string of the molecule is CC1CN(Cc2ccc3c(c2)CNC3)CC(C)N1C. The zero-order valence-corrected chi connectivity index (χ0v) is 12.3. The maximum absolute atomic E-state index is 3.42. The molecule has 0 aromatic heterocycles. The first-order valence-corrected chi connectivity index (χ1v) is 7.39. The first-order valence-electron chi connectivity index (χ1n) is 7.39. The number of likely N-dealkylation sites (N-methyl/N-ethyl adjacent to an activating group) is 1. The lowest BCUT2D eigenvalue weighted by Crippen LogP contribution is -2.54. The molecule has 0 bridgehead atoms. The van der Waals surface area contributed by atoms with E-state index in [1.165, 1.54) is 29.8 Å². The van der Waals surface area contributed by atoms with E-state index in [-0.39, 0.29) is 0 Å². The summed E-state index contributed by atoms with van der Waals surface area (Å²) in [6, 6.07) is 8.30. The Morgan fingerprint density at radius 3 is 2.53 bits per heavy atom. The average Bonchev–Trinajstić information content (AvgIpc) is 2.83. The Morgan fingerprint density at radius 2 is 1.79 bits per heavy atom. The van der Waals surface area contributed by atoms with Crippen molar-refractivity contribution in [2.45, 2.75) is 45.6 Å². The van der Waals surface area contributed by atoms with Crippen LogP contribution < -0.4 is 5.32 Å². The number of nitrogens with one attached hydrogen (secondary N) is 1. The maximum atomic E-state index is 3.42. The molecule has 1 aromatic rings. The van der Waals surface area contributed by atoms with E-state index < -0.39 is 0 Å². The van der Waals surface area contributed by atoms with E-state index in [0.717, 1.165) is 19.6 Å². The van der Waals surface area contributed by atoms with E-state index in [9.17, 15) is 0 Å². The molecule has 104 valence electrons. The van der Waals surface area contributed by atoms with E-state index in [1.807, 2.05) is 0 Å². The molecular formula is C16H25N3. The Balaban J connectivity index is 1.68. The van der Waals surface area contributed by atoms with Gasteiger partial charge >= 0.3 is 0 Å². The van der Waals surface area contributed by atoms with E-state index in [1.54, 1.807) is 0 Å². The van der Waals surface area contributed by atoms with Gasteiger partial charge in [-0.25, -0.2) is 0 Å². The van der Waals surface area contributed by atoms with Crippen molar-refractivity contribution in [1.82, 2.24) is 15.1 Å². The van der Waals surface area contributed by atoms with Crippen LogP contribution in [0.3, 0.4) is 0 Å². The monoisotopic (exact) mass is 259 g/mol. The van der Waals surface area contributed by atoms with Gasteiger partial charge in [0.25, 0.3) is 0 Å². The molecule has 19 heavy (non-hydrogen) atoms. The first-order chi connectivity index (χ1) is 9.13. The topological polar surface area (TPSA) is 18.5 Å². The second-order valence-electron chi connectivity index (χ2n) is 6.26. The third kappa shape index (κ3) is 2.69. The third-order valence-corrected chi connectivity index (χ3v) is 4.74. The van der Waals surface area contributed by atoms with Crippen molar-refractivity contribution in [3.05, 3.63) is 34.9 Å². The molecule has 1 fully saturated rings. The Hall–Kier alpha value is -0.900. The summed E-state index contributed by atoms with van der Waals surface area (Å²) in [5.74, 6) is 0. The number of fused-ring (bicyclic) bond motifs is 1. The highest BCUT2D eigenvalue weighted by molar-refractivity contribution is 5.34. The minimum atomic E-state index is 0.653. The summed E-state index contributed by atoms with van der Waals surface area (Å²) in [7, 11) is 2.24. The molecule has 0 saturated carbocycles. The molecular weight excluding hydrogens is 234 g/mol. The van der Waals surface area contributed by atoms with Crippen LogP contribution in [0.15, 0.2) is 18.2 Å². The number of piperazine rings is 1. The molecule has 0 spiro atoms. The van der Waals surface area contributed by atoms with Crippen LogP contribution in [0.2, 0.25) is 0 Å². The smallest absolute Gasteiger partial charge is 0.0235 e. The van der Waals surface area contributed by atoms with E-state index in [0.29, 0.717) is 12.1 Å². The summed E-state index contributed by atoms with van der Waals surface area (Å²) in [4.78, 5) is 5.09. The number of benzene rings is 1. The molecule has 2 aliphatic rings. The van der Waals surface area contributed by atoms with Crippen molar-refractivity contribution < 1.29 is 0 Å². The van der Waals surface area contributed by atoms with Gasteiger partial charge in [0.05, 0.1) is 0 Å². The average molecular weight is 259 g/mol. The van der Waals surface area contributed by atoms with Gasteiger partial charge in [-0.1, -0.05) is 18.2 Å². The lowest BCUT2D eigenvalue weighted by Gasteiger charge is -2.42. The van der Waals surface area contributed by atoms with Crippen molar-refractivity contribution in [2.24, 2.45) is 0 Å². The fourth-order valence-corrected chi connectivity index (χ4v) is 3.35. The van der Waals surface area contributed by atoms with Gasteiger partial charge in [0.2, 0.25) is 0 Å². The van der Waals surface area contributed by atoms with E-state index in [2.05, 4.69) is 54.2 Å². The molecule has 0 aliphatic carbocycles. The highest BCUT2D eigenvalue weighted by Gasteiger charge is 2.26. The zero-order valence-electron chi connectivity index (χ0n) is 12.3. The summed E-state index contributed by atoms with van der Waals surface area (Å²) in [6.45, 7) is 10.2. The molecule has 3 rings (SSSR count). The normalized spacial score (nSPS) is 28.6. The van der Waals surface area contributed by atoms with Crippen LogP contribution in [0, 0.1) is 0 Å². The molecule has 2 unspecified atom stereocenters. The number of hydrogen-bond acceptors (Lipinski definition) is 3. The fraction of sp³-hybridized carbons (Fsp3) is 0.625. The largest absolute Gasteiger partial charge is 0.309 e. The highest BCUT2D eigenvalue weighted by atomic mass is 15.3. The Kier molecular flexibility index (Phi) is 3.61. The first kappa shape index (κ1) is 13.1. The van der Waals surface area contributed by atoms with E-state index in [4.69, 9.17) is 0 Å². The summed E-state index contributed by atoms with van der Waals surface area (Å²) >= 11 is 0. The molecule has 3 heteroatoms. The van der Waals surface area contributed by atoms with Crippen LogP contribution in [0.4, 0.5) is 0 Å². The van der Waals surface area contributed by atoms with Crippen molar-refractivity contribution in [2.75, 3.05) is 20.1 Å². The summed E-state index contributed by atoms with van der Waals surface area (Å²) in [5.41, 5.74) is 4.43. The predicted molar refractivity (Wildman–Crippen MR) is 78.9 cm³/mol. The number of hydrogen-bond donors (Lipinski definition) is 1. The molecule has 0 amide bonds. The van der Waals surface area contributed by atoms with Gasteiger partial charge in [0, 0.05) is 44.8 Å². The van der Waals surface area contributed by atoms with Crippen molar-refractivity contribution in [1.29, 1.82) is 0 Å². The quantitative estimate of drug-likeness (QED) is 0.874. The molecule has 1 N–H and O–H groups in total. The van der Waals surface area contributed by atoms with Gasteiger partial charge in [0.15, 0.2) is 0 Å². The maximum Gasteiger partial charge on any atom is 0.0235 e. The minimum Gasteiger partial charge on any atom is -0.309 e. The van der Waals surface area contributed by atoms with Crippen molar-refractivity contribution in [3.8, 4) is 0 Å². The standard InChI is InChI=1S/C16H25N3/c1-12-9-19(10-13(2)18(12)3)11-14-4-5-15-7-17-8-16(15)6-14/h4-6,12-13,17H,7-11H2,1-3H3. The van der Waals surface area contributed by atoms with Crippen molar-refractivity contribution >= 4 is 0 Å². The second kappa shape index (κ2) is 5.23. The molecule has 2 aliphatic heterocycles. The Morgan fingerprint density at radius 1 is 1.11 bits per heavy atom. The summed E-state index contributed by atoms with van der Waals surface area (Å²) in [5, 5.41) is 3.42. The lowest BCUT2D eigenvalue weighted by atomic mass is 10.0. The minimum absolute atomic E-state index is 0.653. The van der Waals surface area contributed by atoms with Crippen LogP contribution in [-0.2, 0) is 19.6 Å². The molecule has 0 radical (unpaired) electrons. The van der Waals surface area contributed by atoms with Crippen LogP contribution in [-0.4, -0.2) is 42.0 Å². The van der Waals surface area contributed by atoms with Crippen LogP contribution in [0.25, 0.3) is 0 Å². The highest BCUT2D eigenvalue weighted by Crippen LogP contribution is 2.20. The van der Waals surface area contributed by atoms with Crippen LogP contribution in [0.1, 0.15) is 30.5 Å². The molecule has 3 nitrogen and oxygen atoms in total. The number of nitrogens with zero attached hydrogens (tertiary/aromatic N) is 2. The Bertz CT molecular complexity index is 445. The molecule has 1 saturated heterocycles. The predicted octanol–water partition coefficient (Wildman–Crippen LogP) is 1.81. The summed E-state index contributed by atoms with van der Waals surface area (Å²) in [6.07, 6.45) is 0. The molecule has 2 atom stereocenters. The van der Waals surface area contributed by atoms with Gasteiger partial charge in [-0.05, 0) is 37.6 Å². The summed E-state index contributed by atoms with van der Waals surface area (Å²) < 4.78 is 0. The molecule has 1 aromatic carbocycles. The van der Waals surface area contributed by atoms with Crippen LogP contribution >= 0.6 is 0 Å². The van der Waals surface area contributed by atoms with Gasteiger partial charge in [0.1, 0.15) is 0 Å². The van der Waals surface area contributed by atoms with Gasteiger partial charge in [-0.2, -0.15) is 0 Å². The third-order valence-electron chi connectivity index (χ3n) is 4.74. The Labute approximate surface area is 116 Å². The van der Waals surface area contributed by atoms with Crippen molar-refractivity contribution in [3.63, 3.8) is 0 Å². The second-order valence-corrected chi connectivity index (χ2v) is 6.26. The zero-order chi connectivity index (χ0) is 13.4. The molecule has 2 heterocycles.